The van der Waals surface area contributed by atoms with Crippen LogP contribution < -0.4 is 20.5 Å². The van der Waals surface area contributed by atoms with E-state index in [1.165, 1.54) is 0 Å². The topological polar surface area (TPSA) is 82.8 Å². The minimum Gasteiger partial charge on any atom is -0.454 e. The molecule has 3 atom stereocenters. The number of hydrogen-bond acceptors (Lipinski definition) is 5. The van der Waals surface area contributed by atoms with Crippen LogP contribution in [-0.4, -0.2) is 32.0 Å². The second-order valence-corrected chi connectivity index (χ2v) is 5.15. The summed E-state index contributed by atoms with van der Waals surface area (Å²) in [5, 5.41) is 2.96. The van der Waals surface area contributed by atoms with Crippen LogP contribution in [0.4, 0.5) is 0 Å². The Balaban J connectivity index is 1.67. The molecular formula is C14H18N2O4. The van der Waals surface area contributed by atoms with Crippen molar-refractivity contribution in [3.63, 3.8) is 0 Å². The lowest BCUT2D eigenvalue weighted by Gasteiger charge is -2.19. The summed E-state index contributed by atoms with van der Waals surface area (Å²) in [6.45, 7) is 3.00. The van der Waals surface area contributed by atoms with Gasteiger partial charge in [0.15, 0.2) is 11.5 Å². The summed E-state index contributed by atoms with van der Waals surface area (Å²) >= 11 is 0. The van der Waals surface area contributed by atoms with Crippen molar-refractivity contribution in [3.8, 4) is 11.5 Å². The number of rotatable bonds is 3. The second kappa shape index (κ2) is 5.30. The molecule has 2 aliphatic rings. The fourth-order valence-electron chi connectivity index (χ4n) is 2.43. The monoisotopic (exact) mass is 278 g/mol. The van der Waals surface area contributed by atoms with Crippen molar-refractivity contribution in [2.75, 3.05) is 20.0 Å². The summed E-state index contributed by atoms with van der Waals surface area (Å²) < 4.78 is 15.8. The number of carbonyl (C=O) groups excluding carboxylic acids is 1. The van der Waals surface area contributed by atoms with Gasteiger partial charge < -0.3 is 25.3 Å². The summed E-state index contributed by atoms with van der Waals surface area (Å²) in [6, 6.07) is 5.32. The minimum absolute atomic E-state index is 0.0693. The summed E-state index contributed by atoms with van der Waals surface area (Å²) in [5.41, 5.74) is 6.81. The van der Waals surface area contributed by atoms with Gasteiger partial charge in [0.25, 0.3) is 0 Å². The van der Waals surface area contributed by atoms with Gasteiger partial charge in [-0.2, -0.15) is 0 Å². The first-order chi connectivity index (χ1) is 9.65. The molecule has 1 fully saturated rings. The molecule has 3 unspecified atom stereocenters. The SMILES string of the molecule is CC(NC(=O)C1COCC1N)c1ccc2c(c1)OCO2. The van der Waals surface area contributed by atoms with Crippen molar-refractivity contribution < 1.29 is 19.0 Å². The number of benzene rings is 1. The molecule has 2 heterocycles. The highest BCUT2D eigenvalue weighted by atomic mass is 16.7. The fourth-order valence-corrected chi connectivity index (χ4v) is 2.43. The minimum atomic E-state index is -0.272. The van der Waals surface area contributed by atoms with Crippen LogP contribution in [0.5, 0.6) is 11.5 Å². The Hall–Kier alpha value is -1.79. The van der Waals surface area contributed by atoms with E-state index in [0.29, 0.717) is 19.0 Å². The van der Waals surface area contributed by atoms with E-state index >= 15 is 0 Å². The number of ether oxygens (including phenoxy) is 3. The van der Waals surface area contributed by atoms with Gasteiger partial charge in [-0.05, 0) is 24.6 Å². The molecule has 6 nitrogen and oxygen atoms in total. The highest BCUT2D eigenvalue weighted by molar-refractivity contribution is 5.80. The van der Waals surface area contributed by atoms with Crippen LogP contribution in [-0.2, 0) is 9.53 Å². The quantitative estimate of drug-likeness (QED) is 0.844. The third-order valence-electron chi connectivity index (χ3n) is 3.72. The molecule has 0 saturated carbocycles. The highest BCUT2D eigenvalue weighted by Gasteiger charge is 2.32. The largest absolute Gasteiger partial charge is 0.454 e. The normalized spacial score (nSPS) is 25.5. The number of fused-ring (bicyclic) bond motifs is 1. The molecule has 1 aromatic carbocycles. The molecule has 3 rings (SSSR count). The van der Waals surface area contributed by atoms with Crippen molar-refractivity contribution in [2.45, 2.75) is 19.0 Å². The van der Waals surface area contributed by atoms with Gasteiger partial charge in [0, 0.05) is 6.04 Å². The van der Waals surface area contributed by atoms with E-state index < -0.39 is 0 Å². The number of nitrogens with one attached hydrogen (secondary N) is 1. The maximum Gasteiger partial charge on any atom is 0.231 e. The summed E-state index contributed by atoms with van der Waals surface area (Å²) in [6.07, 6.45) is 0. The lowest BCUT2D eigenvalue weighted by molar-refractivity contribution is -0.125. The van der Waals surface area contributed by atoms with Gasteiger partial charge in [-0.25, -0.2) is 0 Å². The first-order valence-electron chi connectivity index (χ1n) is 6.68. The molecule has 1 aromatic rings. The molecule has 1 amide bonds. The first-order valence-corrected chi connectivity index (χ1v) is 6.68. The Morgan fingerprint density at radius 1 is 1.35 bits per heavy atom. The summed E-state index contributed by atoms with van der Waals surface area (Å²) in [7, 11) is 0. The molecule has 1 saturated heterocycles. The Labute approximate surface area is 117 Å². The van der Waals surface area contributed by atoms with Crippen LogP contribution in [0.25, 0.3) is 0 Å². The van der Waals surface area contributed by atoms with E-state index in [1.807, 2.05) is 25.1 Å². The van der Waals surface area contributed by atoms with Gasteiger partial charge in [-0.15, -0.1) is 0 Å². The number of hydrogen-bond donors (Lipinski definition) is 2. The Bertz CT molecular complexity index is 520. The lowest BCUT2D eigenvalue weighted by atomic mass is 10.0. The Kier molecular flexibility index (Phi) is 3.50. The van der Waals surface area contributed by atoms with Crippen molar-refractivity contribution in [3.05, 3.63) is 23.8 Å². The van der Waals surface area contributed by atoms with E-state index in [-0.39, 0.29) is 30.7 Å². The van der Waals surface area contributed by atoms with Crippen molar-refractivity contribution in [2.24, 2.45) is 11.7 Å². The molecule has 2 aliphatic heterocycles. The van der Waals surface area contributed by atoms with E-state index in [4.69, 9.17) is 19.9 Å². The Morgan fingerprint density at radius 3 is 2.90 bits per heavy atom. The Morgan fingerprint density at radius 2 is 2.15 bits per heavy atom. The second-order valence-electron chi connectivity index (χ2n) is 5.15. The lowest BCUT2D eigenvalue weighted by Crippen LogP contribution is -2.41. The number of carbonyl (C=O) groups is 1. The molecule has 0 aliphatic carbocycles. The maximum absolute atomic E-state index is 12.1. The fraction of sp³-hybridized carbons (Fsp3) is 0.500. The predicted octanol–water partition coefficient (Wildman–Crippen LogP) is 0.566. The van der Waals surface area contributed by atoms with Crippen molar-refractivity contribution in [1.82, 2.24) is 5.32 Å². The van der Waals surface area contributed by atoms with Crippen LogP contribution >= 0.6 is 0 Å². The molecule has 108 valence electrons. The van der Waals surface area contributed by atoms with Gasteiger partial charge >= 0.3 is 0 Å². The van der Waals surface area contributed by atoms with Crippen LogP contribution in [0.3, 0.4) is 0 Å². The maximum atomic E-state index is 12.1. The zero-order valence-corrected chi connectivity index (χ0v) is 11.3. The van der Waals surface area contributed by atoms with Crippen molar-refractivity contribution in [1.29, 1.82) is 0 Å². The standard InChI is InChI=1S/C14H18N2O4/c1-8(16-14(17)10-5-18-6-11(10)15)9-2-3-12-13(4-9)20-7-19-12/h2-4,8,10-11H,5-7,15H2,1H3,(H,16,17). The predicted molar refractivity (Wildman–Crippen MR) is 71.4 cm³/mol. The highest BCUT2D eigenvalue weighted by Crippen LogP contribution is 2.34. The first kappa shape index (κ1) is 13.2. The molecule has 0 aromatic heterocycles. The molecule has 0 radical (unpaired) electrons. The molecule has 0 spiro atoms. The van der Waals surface area contributed by atoms with Crippen LogP contribution in [0.2, 0.25) is 0 Å². The molecule has 20 heavy (non-hydrogen) atoms. The van der Waals surface area contributed by atoms with Gasteiger partial charge in [0.05, 0.1) is 25.2 Å². The summed E-state index contributed by atoms with van der Waals surface area (Å²) in [5.74, 6) is 1.11. The van der Waals surface area contributed by atoms with Crippen molar-refractivity contribution >= 4 is 5.91 Å². The third kappa shape index (κ3) is 2.44. The summed E-state index contributed by atoms with van der Waals surface area (Å²) in [4.78, 5) is 12.1. The van der Waals surface area contributed by atoms with E-state index in [9.17, 15) is 4.79 Å². The molecule has 0 bridgehead atoms. The van der Waals surface area contributed by atoms with Gasteiger partial charge in [-0.3, -0.25) is 4.79 Å². The van der Waals surface area contributed by atoms with Gasteiger partial charge in [-0.1, -0.05) is 6.07 Å². The zero-order valence-electron chi connectivity index (χ0n) is 11.3. The van der Waals surface area contributed by atoms with Gasteiger partial charge in [0.1, 0.15) is 0 Å². The molecule has 6 heteroatoms. The zero-order chi connectivity index (χ0) is 14.1. The van der Waals surface area contributed by atoms with E-state index in [0.717, 1.165) is 11.3 Å². The van der Waals surface area contributed by atoms with Gasteiger partial charge in [0.2, 0.25) is 12.7 Å². The average Bonchev–Trinajstić information content (AvgIpc) is 3.05. The molecular weight excluding hydrogens is 260 g/mol. The van der Waals surface area contributed by atoms with E-state index in [1.54, 1.807) is 0 Å². The van der Waals surface area contributed by atoms with Crippen LogP contribution in [0.15, 0.2) is 18.2 Å². The molecule has 3 N–H and O–H groups in total. The number of amides is 1. The van der Waals surface area contributed by atoms with Crippen LogP contribution in [0.1, 0.15) is 18.5 Å². The van der Waals surface area contributed by atoms with Crippen LogP contribution in [0, 0.1) is 5.92 Å². The smallest absolute Gasteiger partial charge is 0.231 e. The average molecular weight is 278 g/mol. The number of nitrogens with two attached hydrogens (primary N) is 1. The van der Waals surface area contributed by atoms with E-state index in [2.05, 4.69) is 5.32 Å². The third-order valence-corrected chi connectivity index (χ3v) is 3.72.